The number of allylic oxidation sites excluding steroid dienone is 3. The molecule has 35 heavy (non-hydrogen) atoms. The van der Waals surface area contributed by atoms with Crippen LogP contribution in [0.1, 0.15) is 86.0 Å². The van der Waals surface area contributed by atoms with E-state index in [-0.39, 0.29) is 24.6 Å². The standard InChI is InChI=1S/C29H42O6/c1-20(2)29(15-8-10-22(29)4)16-14-21(3)9-7-11-25(18-33-23(5)30)12-13-27-26(17-28(32)35-27)19-34-24(6)31/h9,12,17,22,27H,1,7-8,10-11,13-16,18-19H2,2-6H3/b21-9+,25-12+/t22-,27+,29+/m0/s1. The van der Waals surface area contributed by atoms with E-state index in [0.29, 0.717) is 17.9 Å². The van der Waals surface area contributed by atoms with Gasteiger partial charge in [0.05, 0.1) is 0 Å². The van der Waals surface area contributed by atoms with Crippen LogP contribution in [-0.4, -0.2) is 37.2 Å². The first-order valence-electron chi connectivity index (χ1n) is 12.7. The summed E-state index contributed by atoms with van der Waals surface area (Å²) in [5.41, 5.74) is 4.56. The minimum atomic E-state index is -0.474. The van der Waals surface area contributed by atoms with E-state index in [2.05, 4.69) is 33.4 Å². The van der Waals surface area contributed by atoms with E-state index >= 15 is 0 Å². The van der Waals surface area contributed by atoms with Gasteiger partial charge in [0.15, 0.2) is 0 Å². The van der Waals surface area contributed by atoms with Crippen LogP contribution in [0.5, 0.6) is 0 Å². The second kappa shape index (κ2) is 13.5. The average molecular weight is 487 g/mol. The molecule has 0 radical (unpaired) electrons. The number of hydrogen-bond donors (Lipinski definition) is 0. The third-order valence-corrected chi connectivity index (χ3v) is 7.48. The van der Waals surface area contributed by atoms with Crippen LogP contribution in [0, 0.1) is 11.3 Å². The van der Waals surface area contributed by atoms with Crippen molar-refractivity contribution in [3.05, 3.63) is 47.1 Å². The maximum Gasteiger partial charge on any atom is 0.331 e. The quantitative estimate of drug-likeness (QED) is 0.176. The number of hydrogen-bond acceptors (Lipinski definition) is 6. The van der Waals surface area contributed by atoms with Crippen LogP contribution in [0.3, 0.4) is 0 Å². The molecule has 194 valence electrons. The Morgan fingerprint density at radius 2 is 1.86 bits per heavy atom. The fraction of sp³-hybridized carbons (Fsp3) is 0.621. The van der Waals surface area contributed by atoms with Crippen LogP contribution in [0.15, 0.2) is 47.1 Å². The van der Waals surface area contributed by atoms with Crippen molar-refractivity contribution in [1.29, 1.82) is 0 Å². The summed E-state index contributed by atoms with van der Waals surface area (Å²) in [4.78, 5) is 34.2. The van der Waals surface area contributed by atoms with Crippen molar-refractivity contribution in [3.8, 4) is 0 Å². The number of carbonyl (C=O) groups excluding carboxylic acids is 3. The Labute approximate surface area is 210 Å². The van der Waals surface area contributed by atoms with Crippen molar-refractivity contribution in [2.24, 2.45) is 11.3 Å². The van der Waals surface area contributed by atoms with Gasteiger partial charge in [-0.3, -0.25) is 9.59 Å². The minimum absolute atomic E-state index is 0.0328. The van der Waals surface area contributed by atoms with Gasteiger partial charge in [0, 0.05) is 31.9 Å². The lowest BCUT2D eigenvalue weighted by Crippen LogP contribution is -2.24. The summed E-state index contributed by atoms with van der Waals surface area (Å²) in [6.45, 7) is 14.0. The zero-order valence-electron chi connectivity index (χ0n) is 22.1. The van der Waals surface area contributed by atoms with Crippen LogP contribution >= 0.6 is 0 Å². The molecule has 0 aromatic heterocycles. The van der Waals surface area contributed by atoms with Crippen LogP contribution in [0.4, 0.5) is 0 Å². The summed E-state index contributed by atoms with van der Waals surface area (Å²) >= 11 is 0. The van der Waals surface area contributed by atoms with Crippen LogP contribution in [0.2, 0.25) is 0 Å². The lowest BCUT2D eigenvalue weighted by Gasteiger charge is -2.35. The van der Waals surface area contributed by atoms with Crippen LogP contribution < -0.4 is 0 Å². The fourth-order valence-corrected chi connectivity index (χ4v) is 5.21. The highest BCUT2D eigenvalue weighted by Crippen LogP contribution is 2.51. The average Bonchev–Trinajstić information content (AvgIpc) is 3.34. The van der Waals surface area contributed by atoms with Gasteiger partial charge in [0.1, 0.15) is 19.3 Å². The molecular formula is C29H42O6. The largest absolute Gasteiger partial charge is 0.461 e. The molecule has 3 atom stereocenters. The third-order valence-electron chi connectivity index (χ3n) is 7.48. The van der Waals surface area contributed by atoms with E-state index in [0.717, 1.165) is 31.3 Å². The first-order valence-corrected chi connectivity index (χ1v) is 12.7. The molecule has 1 aliphatic heterocycles. The number of carbonyl (C=O) groups is 3. The number of cyclic esters (lactones) is 1. The summed E-state index contributed by atoms with van der Waals surface area (Å²) < 4.78 is 15.6. The lowest BCUT2D eigenvalue weighted by molar-refractivity contribution is -0.141. The molecular weight excluding hydrogens is 444 g/mol. The maximum absolute atomic E-state index is 11.7. The highest BCUT2D eigenvalue weighted by atomic mass is 16.6. The second-order valence-corrected chi connectivity index (χ2v) is 10.1. The third kappa shape index (κ3) is 8.83. The monoisotopic (exact) mass is 486 g/mol. The molecule has 0 unspecified atom stereocenters. The minimum Gasteiger partial charge on any atom is -0.461 e. The Morgan fingerprint density at radius 3 is 2.46 bits per heavy atom. The smallest absolute Gasteiger partial charge is 0.331 e. The molecule has 1 fully saturated rings. The summed E-state index contributed by atoms with van der Waals surface area (Å²) in [5, 5.41) is 0. The normalized spacial score (nSPS) is 24.7. The van der Waals surface area contributed by atoms with Crippen molar-refractivity contribution in [1.82, 2.24) is 0 Å². The number of esters is 3. The van der Waals surface area contributed by atoms with E-state index in [1.165, 1.54) is 50.3 Å². The van der Waals surface area contributed by atoms with Crippen molar-refractivity contribution in [2.45, 2.75) is 92.1 Å². The molecule has 2 rings (SSSR count). The summed E-state index contributed by atoms with van der Waals surface area (Å²) in [7, 11) is 0. The molecule has 0 aromatic rings. The Balaban J connectivity index is 1.95. The Hall–Kier alpha value is -2.63. The molecule has 0 amide bonds. The molecule has 1 aliphatic carbocycles. The number of rotatable bonds is 13. The van der Waals surface area contributed by atoms with E-state index in [1.807, 2.05) is 6.08 Å². The molecule has 6 nitrogen and oxygen atoms in total. The highest BCUT2D eigenvalue weighted by molar-refractivity contribution is 5.86. The molecule has 0 aromatic carbocycles. The van der Waals surface area contributed by atoms with Crippen molar-refractivity contribution in [2.75, 3.05) is 13.2 Å². The van der Waals surface area contributed by atoms with Crippen molar-refractivity contribution in [3.63, 3.8) is 0 Å². The van der Waals surface area contributed by atoms with Gasteiger partial charge in [-0.05, 0) is 69.3 Å². The molecule has 2 aliphatic rings. The summed E-state index contributed by atoms with van der Waals surface area (Å²) in [6, 6.07) is 0. The van der Waals surface area contributed by atoms with Gasteiger partial charge in [-0.2, -0.15) is 0 Å². The van der Waals surface area contributed by atoms with Crippen LogP contribution in [-0.2, 0) is 28.6 Å². The van der Waals surface area contributed by atoms with E-state index < -0.39 is 18.0 Å². The van der Waals surface area contributed by atoms with Crippen LogP contribution in [0.25, 0.3) is 0 Å². The van der Waals surface area contributed by atoms with Gasteiger partial charge in [0.25, 0.3) is 0 Å². The second-order valence-electron chi connectivity index (χ2n) is 10.1. The Bertz CT molecular complexity index is 893. The van der Waals surface area contributed by atoms with E-state index in [9.17, 15) is 14.4 Å². The van der Waals surface area contributed by atoms with E-state index in [4.69, 9.17) is 14.2 Å². The van der Waals surface area contributed by atoms with Crippen molar-refractivity contribution >= 4 is 17.9 Å². The van der Waals surface area contributed by atoms with Gasteiger partial charge in [-0.15, -0.1) is 0 Å². The predicted molar refractivity (Wildman–Crippen MR) is 136 cm³/mol. The molecule has 0 saturated heterocycles. The fourth-order valence-electron chi connectivity index (χ4n) is 5.21. The van der Waals surface area contributed by atoms with Gasteiger partial charge in [-0.25, -0.2) is 4.79 Å². The zero-order chi connectivity index (χ0) is 26.0. The highest BCUT2D eigenvalue weighted by Gasteiger charge is 2.40. The molecule has 1 heterocycles. The molecule has 1 saturated carbocycles. The van der Waals surface area contributed by atoms with E-state index in [1.54, 1.807) is 0 Å². The van der Waals surface area contributed by atoms with Gasteiger partial charge < -0.3 is 14.2 Å². The maximum atomic E-state index is 11.7. The van der Waals surface area contributed by atoms with Gasteiger partial charge in [-0.1, -0.05) is 43.2 Å². The lowest BCUT2D eigenvalue weighted by atomic mass is 9.70. The number of ether oxygens (including phenoxy) is 3. The summed E-state index contributed by atoms with van der Waals surface area (Å²) in [6.07, 6.45) is 13.2. The Kier molecular flexibility index (Phi) is 11.0. The molecule has 6 heteroatoms. The first kappa shape index (κ1) is 28.6. The van der Waals surface area contributed by atoms with Gasteiger partial charge >= 0.3 is 17.9 Å². The Morgan fingerprint density at radius 1 is 1.14 bits per heavy atom. The zero-order valence-corrected chi connectivity index (χ0v) is 22.1. The van der Waals surface area contributed by atoms with Crippen molar-refractivity contribution < 1.29 is 28.6 Å². The first-order chi connectivity index (χ1) is 16.5. The predicted octanol–water partition coefficient (Wildman–Crippen LogP) is 6.17. The molecule has 0 bridgehead atoms. The summed E-state index contributed by atoms with van der Waals surface area (Å²) in [5.74, 6) is -0.486. The molecule has 0 N–H and O–H groups in total. The van der Waals surface area contributed by atoms with Gasteiger partial charge in [0.2, 0.25) is 0 Å². The molecule has 0 spiro atoms. The SMILES string of the molecule is C=C(C)[C@]1(CC/C(C)=C/CC/C(=C\C[C@H]2OC(=O)C=C2COC(C)=O)COC(C)=O)CCC[C@@H]1C. The topological polar surface area (TPSA) is 78.9 Å².